The van der Waals surface area contributed by atoms with Crippen molar-refractivity contribution < 1.29 is 71.9 Å². The normalized spacial score (nSPS) is 17.1. The molecule has 0 spiro atoms. The number of hydrogen-bond donors (Lipinski definition) is 4. The summed E-state index contributed by atoms with van der Waals surface area (Å²) in [6.07, 6.45) is 5.17. The molecule has 0 atom stereocenters. The lowest BCUT2D eigenvalue weighted by Gasteiger charge is -2.32. The molecule has 7 rings (SSSR count). The number of halogens is 7. The SMILES string of the molecule is CC(C)(C)CC(C)(C)CC(=O)c1cc(B2OC(C)(C)C(C)(C)O2)cc(Cl)c1OCC[Si](C)(C)C.CC(C)(C)CC(C)(C)CC(=O)c1cc(Br)cc(Cl)c1O.CC(C)(C)CC(C)(C)CC(=O)c1cc(Br)cc(Cl)c1OCC[Si](C)(C)C.CC(C)(C)CC(C)(C)N.CC1(C)OB(B2OC(C)(C)C(C)(C)O2)OC1(C)C.O=C(O)c1cc(Br)cc(Cl)c1O. The van der Waals surface area contributed by atoms with Gasteiger partial charge in [-0.3, -0.25) is 14.4 Å². The Hall–Kier alpha value is -2.49. The van der Waals surface area contributed by atoms with Gasteiger partial charge in [-0.25, -0.2) is 4.79 Å². The summed E-state index contributed by atoms with van der Waals surface area (Å²) in [6.45, 7) is 82.5. The number of carboxylic acids is 1. The third kappa shape index (κ3) is 38.9. The molecule has 674 valence electrons. The average Bonchev–Trinajstić information content (AvgIpc) is 1.62. The van der Waals surface area contributed by atoms with Gasteiger partial charge < -0.3 is 58.5 Å². The molecule has 16 nitrogen and oxygen atoms in total. The molecule has 0 aliphatic carbocycles. The van der Waals surface area contributed by atoms with Crippen molar-refractivity contribution in [2.24, 2.45) is 43.6 Å². The molecular formula is C91H149B3Br3Cl4NO15Si2. The predicted octanol–water partition coefficient (Wildman–Crippen LogP) is 28.0. The van der Waals surface area contributed by atoms with Gasteiger partial charge in [-0.15, -0.1) is 0 Å². The van der Waals surface area contributed by atoms with E-state index in [9.17, 15) is 24.3 Å². The summed E-state index contributed by atoms with van der Waals surface area (Å²) in [7, 11) is -4.05. The second kappa shape index (κ2) is 42.2. The minimum atomic E-state index is -1.30. The van der Waals surface area contributed by atoms with Gasteiger partial charge in [0.25, 0.3) is 0 Å². The first-order chi connectivity index (χ1) is 52.7. The molecule has 3 aliphatic rings. The zero-order chi connectivity index (χ0) is 93.4. The molecule has 119 heavy (non-hydrogen) atoms. The lowest BCUT2D eigenvalue weighted by Crippen LogP contribution is -2.41. The second-order valence-corrected chi connectivity index (χ2v) is 61.5. The number of phenolic OH excluding ortho intramolecular Hbond substituents is 1. The standard InChI is InChI=1S/C27H46BClO4Si.C21H34BrClO2Si.C16H22BrClO2.C12H24B2O4.C8H19N.C7H4BrClO3/c1-24(2,3)18-25(4,5)17-22(30)20-15-19(28-32-26(6,7)27(8,9)33-28)16-21(29)23(20)31-13-14-34(10,11)12;1-20(2,3)14-21(4,5)13-18(24)16-11-15(22)12-17(23)19(16)25-9-10-26(6,7)8;1-15(2,3)9-16(4,5)8-13(19)11-6-10(17)7-12(18)14(11)20;1-9(2)10(3,4)16-13(15-9)14-17-11(5,6)12(7,8)18-14;1-7(2,3)6-8(4,5)9;8-3-1-4(7(11)12)6(10)5(9)2-3/h15-16H,13-14,17-18H2,1-12H3;11-12H,9-10,13-14H2,1-8H3;6-7,20H,8-9H2,1-5H3;1-8H3;6,9H2,1-5H3;1-2,10H,(H,11,12). The number of carboxylic acid groups (broad SMARTS) is 1. The van der Waals surface area contributed by atoms with E-state index in [0.29, 0.717) is 79.5 Å². The Morgan fingerprint density at radius 3 is 0.924 bits per heavy atom. The number of aromatic hydroxyl groups is 2. The highest BCUT2D eigenvalue weighted by atomic mass is 79.9. The van der Waals surface area contributed by atoms with Gasteiger partial charge in [0.1, 0.15) is 28.6 Å². The Kier molecular flexibility index (Phi) is 39.9. The van der Waals surface area contributed by atoms with Crippen LogP contribution in [0.25, 0.3) is 0 Å². The topological polar surface area (TPSA) is 229 Å². The van der Waals surface area contributed by atoms with Crippen molar-refractivity contribution in [2.75, 3.05) is 13.2 Å². The molecule has 0 aromatic heterocycles. The number of aromatic carboxylic acids is 1. The highest BCUT2D eigenvalue weighted by Gasteiger charge is 2.64. The Bertz CT molecular complexity index is 4010. The molecule has 0 bridgehead atoms. The van der Waals surface area contributed by atoms with Gasteiger partial charge in [0.2, 0.25) is 0 Å². The third-order valence-electron chi connectivity index (χ3n) is 20.7. The molecule has 3 heterocycles. The molecule has 0 amide bonds. The van der Waals surface area contributed by atoms with Gasteiger partial charge in [0, 0.05) is 54.4 Å². The Labute approximate surface area is 767 Å². The fraction of sp³-hybridized carbons (Fsp3) is 0.692. The molecule has 28 heteroatoms. The van der Waals surface area contributed by atoms with E-state index in [1.807, 2.05) is 101 Å². The molecule has 0 unspecified atom stereocenters. The zero-order valence-electron chi connectivity index (χ0n) is 79.6. The maximum atomic E-state index is 13.7. The summed E-state index contributed by atoms with van der Waals surface area (Å²) in [5.74, 6) is -0.696. The van der Waals surface area contributed by atoms with Crippen LogP contribution in [-0.4, -0.2) is 128 Å². The van der Waals surface area contributed by atoms with Crippen LogP contribution in [0.3, 0.4) is 0 Å². The highest BCUT2D eigenvalue weighted by molar-refractivity contribution is 9.11. The van der Waals surface area contributed by atoms with Gasteiger partial charge in [-0.2, -0.15) is 0 Å². The number of Topliss-reactive ketones (excluding diaryl/α,β-unsaturated/α-hetero) is 3. The van der Waals surface area contributed by atoms with Crippen LogP contribution in [-0.2, 0) is 27.9 Å². The smallest absolute Gasteiger partial charge is 0.494 e. The maximum Gasteiger partial charge on any atom is 0.494 e. The number of hydrogen-bond acceptors (Lipinski definition) is 15. The summed E-state index contributed by atoms with van der Waals surface area (Å²) >= 11 is 34.4. The van der Waals surface area contributed by atoms with Gasteiger partial charge in [-0.05, 0) is 227 Å². The van der Waals surface area contributed by atoms with E-state index in [-0.39, 0.29) is 105 Å². The van der Waals surface area contributed by atoms with Crippen LogP contribution in [0.2, 0.25) is 71.5 Å². The number of benzene rings is 4. The summed E-state index contributed by atoms with van der Waals surface area (Å²) < 4.78 is 50.5. The molecule has 4 aromatic carbocycles. The number of ether oxygens (including phenoxy) is 2. The maximum absolute atomic E-state index is 13.7. The molecule has 5 N–H and O–H groups in total. The van der Waals surface area contributed by atoms with E-state index in [0.717, 1.165) is 47.7 Å². The number of carbonyl (C=O) groups is 4. The summed E-state index contributed by atoms with van der Waals surface area (Å²) in [5, 5.41) is 28.8. The van der Waals surface area contributed by atoms with Crippen LogP contribution in [0.1, 0.15) is 308 Å². The van der Waals surface area contributed by atoms with E-state index in [4.69, 9.17) is 99.8 Å². The zero-order valence-corrected chi connectivity index (χ0v) is 89.4. The number of rotatable bonds is 24. The van der Waals surface area contributed by atoms with Crippen molar-refractivity contribution in [3.8, 4) is 23.0 Å². The van der Waals surface area contributed by atoms with E-state index >= 15 is 0 Å². The Morgan fingerprint density at radius 1 is 0.395 bits per heavy atom. The lowest BCUT2D eigenvalue weighted by molar-refractivity contribution is 0.00578. The first-order valence-electron chi connectivity index (χ1n) is 41.4. The van der Waals surface area contributed by atoms with Crippen molar-refractivity contribution in [3.05, 3.63) is 104 Å². The summed E-state index contributed by atoms with van der Waals surface area (Å²) in [5.41, 5.74) is 5.79. The number of nitrogens with two attached hydrogens (primary N) is 1. The molecule has 0 radical (unpaired) electrons. The van der Waals surface area contributed by atoms with Crippen LogP contribution in [0, 0.1) is 37.9 Å². The van der Waals surface area contributed by atoms with Crippen LogP contribution in [0.15, 0.2) is 61.9 Å². The van der Waals surface area contributed by atoms with E-state index < -0.39 is 60.2 Å². The molecule has 3 saturated heterocycles. The predicted molar refractivity (Wildman–Crippen MR) is 517 cm³/mol. The third-order valence-corrected chi connectivity index (χ3v) is 26.6. The fourth-order valence-electron chi connectivity index (χ4n) is 14.9. The quantitative estimate of drug-likeness (QED) is 0.0378. The lowest BCUT2D eigenvalue weighted by atomic mass is 9.49. The molecule has 3 aliphatic heterocycles. The summed E-state index contributed by atoms with van der Waals surface area (Å²) in [6, 6.07) is 15.2. The van der Waals surface area contributed by atoms with Gasteiger partial charge in [-0.1, -0.05) is 258 Å². The van der Waals surface area contributed by atoms with E-state index in [2.05, 4.69) is 226 Å². The minimum absolute atomic E-state index is 0.0155. The second-order valence-electron chi connectivity index (χ2n) is 45.9. The monoisotopic (exact) mass is 1960 g/mol. The van der Waals surface area contributed by atoms with Crippen LogP contribution in [0.5, 0.6) is 23.0 Å². The number of carbonyl (C=O) groups excluding carboxylic acids is 3. The van der Waals surface area contributed by atoms with E-state index in [1.165, 1.54) is 12.1 Å². The fourth-order valence-corrected chi connectivity index (χ4v) is 19.1. The first kappa shape index (κ1) is 113. The molecule has 0 saturated carbocycles. The van der Waals surface area contributed by atoms with Crippen LogP contribution >= 0.6 is 94.2 Å². The number of ketones is 3. The van der Waals surface area contributed by atoms with Crippen molar-refractivity contribution in [1.29, 1.82) is 0 Å². The molecule has 3 fully saturated rings. The Morgan fingerprint density at radius 2 is 0.647 bits per heavy atom. The van der Waals surface area contributed by atoms with Crippen LogP contribution in [0.4, 0.5) is 0 Å². The van der Waals surface area contributed by atoms with Crippen molar-refractivity contribution >= 4 is 160 Å². The van der Waals surface area contributed by atoms with Crippen molar-refractivity contribution in [3.63, 3.8) is 0 Å². The highest BCUT2D eigenvalue weighted by Crippen LogP contribution is 2.47. The van der Waals surface area contributed by atoms with Gasteiger partial charge in [0.05, 0.1) is 83.6 Å². The number of phenols is 2. The van der Waals surface area contributed by atoms with E-state index in [1.54, 1.807) is 18.2 Å². The largest absolute Gasteiger partial charge is 0.506 e. The molecular weight excluding hydrogens is 1820 g/mol. The van der Waals surface area contributed by atoms with Crippen molar-refractivity contribution in [1.82, 2.24) is 0 Å². The van der Waals surface area contributed by atoms with Crippen molar-refractivity contribution in [2.45, 2.75) is 357 Å². The average molecular weight is 1970 g/mol. The summed E-state index contributed by atoms with van der Waals surface area (Å²) in [4.78, 5) is 49.7. The first-order valence-corrected chi connectivity index (χ1v) is 52.7. The molecule has 4 aromatic rings. The Balaban J connectivity index is 0.000000507. The van der Waals surface area contributed by atoms with Gasteiger partial charge in [0.15, 0.2) is 17.3 Å². The van der Waals surface area contributed by atoms with Crippen LogP contribution < -0.4 is 20.7 Å². The minimum Gasteiger partial charge on any atom is -0.506 e. The van der Waals surface area contributed by atoms with Gasteiger partial charge >= 0.3 is 27.1 Å².